The van der Waals surface area contributed by atoms with E-state index in [1.807, 2.05) is 36.4 Å². The molecule has 0 aliphatic heterocycles. The molecule has 0 saturated heterocycles. The van der Waals surface area contributed by atoms with Crippen LogP contribution in [0.5, 0.6) is 0 Å². The number of oxazole rings is 1. The molecule has 1 unspecified atom stereocenters. The predicted molar refractivity (Wildman–Crippen MR) is 160 cm³/mol. The van der Waals surface area contributed by atoms with E-state index in [-0.39, 0.29) is 18.1 Å². The molecule has 1 N–H and O–H groups in total. The molecule has 0 bridgehead atoms. The standard InChI is InChI=1S/C33H28N2O6S/c1-2-39-33(38)29-24-17-16-21(20-10-4-3-5-11-20)18-27(24)42-31(29)35-28(36)19-40-32(37)23-13-7-6-12-22(23)30-34-25-14-8-9-15-26(25)41-30/h3-15,21H,2,16-19H2,1H3,(H,35,36). The van der Waals surface area contributed by atoms with Crippen LogP contribution in [0.4, 0.5) is 5.00 Å². The van der Waals surface area contributed by atoms with Crippen molar-refractivity contribution in [3.05, 3.63) is 106 Å². The van der Waals surface area contributed by atoms with Gasteiger partial charge in [0.05, 0.1) is 23.3 Å². The average Bonchev–Trinajstić information content (AvgIpc) is 3.61. The topological polar surface area (TPSA) is 108 Å². The zero-order valence-corrected chi connectivity index (χ0v) is 23.7. The number of ether oxygens (including phenoxy) is 2. The molecule has 5 aromatic rings. The highest BCUT2D eigenvalue weighted by Gasteiger charge is 2.31. The van der Waals surface area contributed by atoms with Crippen LogP contribution in [-0.4, -0.2) is 36.0 Å². The van der Waals surface area contributed by atoms with Crippen molar-refractivity contribution < 1.29 is 28.3 Å². The van der Waals surface area contributed by atoms with Gasteiger partial charge in [-0.15, -0.1) is 11.3 Å². The van der Waals surface area contributed by atoms with E-state index in [1.54, 1.807) is 37.3 Å². The quantitative estimate of drug-likeness (QED) is 0.201. The molecule has 2 heterocycles. The van der Waals surface area contributed by atoms with Crippen LogP contribution in [0, 0.1) is 0 Å². The summed E-state index contributed by atoms with van der Waals surface area (Å²) in [4.78, 5) is 44.5. The number of carbonyl (C=O) groups excluding carboxylic acids is 3. The molecule has 42 heavy (non-hydrogen) atoms. The number of nitrogens with one attached hydrogen (secondary N) is 1. The van der Waals surface area contributed by atoms with E-state index >= 15 is 0 Å². The van der Waals surface area contributed by atoms with Crippen LogP contribution in [0.2, 0.25) is 0 Å². The number of rotatable bonds is 8. The highest BCUT2D eigenvalue weighted by molar-refractivity contribution is 7.17. The normalized spacial score (nSPS) is 14.3. The summed E-state index contributed by atoms with van der Waals surface area (Å²) in [6.45, 7) is 1.44. The number of thiophene rings is 1. The van der Waals surface area contributed by atoms with Gasteiger partial charge in [-0.3, -0.25) is 4.79 Å². The van der Waals surface area contributed by atoms with Gasteiger partial charge < -0.3 is 19.2 Å². The molecule has 1 aliphatic carbocycles. The summed E-state index contributed by atoms with van der Waals surface area (Å²) in [6, 6.07) is 24.4. The van der Waals surface area contributed by atoms with Crippen LogP contribution in [0.1, 0.15) is 56.0 Å². The molecule has 3 aromatic carbocycles. The summed E-state index contributed by atoms with van der Waals surface area (Å²) in [6.07, 6.45) is 2.37. The van der Waals surface area contributed by atoms with Gasteiger partial charge in [-0.1, -0.05) is 54.6 Å². The lowest BCUT2D eigenvalue weighted by molar-refractivity contribution is -0.119. The number of aromatic nitrogens is 1. The second-order valence-electron chi connectivity index (χ2n) is 9.94. The first-order chi connectivity index (χ1) is 20.5. The molecule has 0 radical (unpaired) electrons. The minimum absolute atomic E-state index is 0.223. The SMILES string of the molecule is CCOC(=O)c1c(NC(=O)COC(=O)c2ccccc2-c2nc3ccccc3o2)sc2c1CCC(c1ccccc1)C2. The number of anilines is 1. The molecule has 0 fully saturated rings. The van der Waals surface area contributed by atoms with Crippen molar-refractivity contribution in [2.24, 2.45) is 0 Å². The van der Waals surface area contributed by atoms with Gasteiger partial charge in [0.2, 0.25) is 5.89 Å². The molecule has 0 spiro atoms. The lowest BCUT2D eigenvalue weighted by atomic mass is 9.83. The van der Waals surface area contributed by atoms with E-state index in [0.717, 1.165) is 23.3 Å². The van der Waals surface area contributed by atoms with Crippen molar-refractivity contribution >= 4 is 45.3 Å². The Morgan fingerprint density at radius 2 is 1.71 bits per heavy atom. The number of para-hydroxylation sites is 2. The van der Waals surface area contributed by atoms with Crippen molar-refractivity contribution in [1.29, 1.82) is 0 Å². The Kier molecular flexibility index (Phi) is 7.83. The van der Waals surface area contributed by atoms with E-state index in [0.29, 0.717) is 39.6 Å². The van der Waals surface area contributed by atoms with Gasteiger partial charge in [-0.2, -0.15) is 0 Å². The molecule has 1 atom stereocenters. The summed E-state index contributed by atoms with van der Waals surface area (Å²) in [5, 5.41) is 3.22. The Labute approximate surface area is 246 Å². The van der Waals surface area contributed by atoms with Crippen molar-refractivity contribution in [3.63, 3.8) is 0 Å². The molecule has 6 rings (SSSR count). The summed E-state index contributed by atoms with van der Waals surface area (Å²) < 4.78 is 16.6. The molecular formula is C33H28N2O6S. The first-order valence-electron chi connectivity index (χ1n) is 13.8. The van der Waals surface area contributed by atoms with Crippen molar-refractivity contribution in [2.75, 3.05) is 18.5 Å². The Balaban J connectivity index is 1.18. The van der Waals surface area contributed by atoms with E-state index in [4.69, 9.17) is 13.9 Å². The molecule has 1 aliphatic rings. The maximum Gasteiger partial charge on any atom is 0.341 e. The van der Waals surface area contributed by atoms with Crippen LogP contribution in [0.15, 0.2) is 83.3 Å². The van der Waals surface area contributed by atoms with Crippen molar-refractivity contribution in [2.45, 2.75) is 32.1 Å². The minimum atomic E-state index is -0.690. The fraction of sp³-hybridized carbons (Fsp3) is 0.212. The number of fused-ring (bicyclic) bond motifs is 2. The highest BCUT2D eigenvalue weighted by atomic mass is 32.1. The van der Waals surface area contributed by atoms with Gasteiger partial charge in [0.15, 0.2) is 12.2 Å². The van der Waals surface area contributed by atoms with Crippen LogP contribution in [0.3, 0.4) is 0 Å². The molecule has 212 valence electrons. The lowest BCUT2D eigenvalue weighted by Gasteiger charge is -2.23. The molecule has 2 aromatic heterocycles. The number of hydrogen-bond acceptors (Lipinski definition) is 8. The molecule has 1 amide bonds. The lowest BCUT2D eigenvalue weighted by Crippen LogP contribution is -2.22. The third-order valence-electron chi connectivity index (χ3n) is 7.27. The molecular weight excluding hydrogens is 552 g/mol. The van der Waals surface area contributed by atoms with Gasteiger partial charge in [0.1, 0.15) is 10.5 Å². The summed E-state index contributed by atoms with van der Waals surface area (Å²) in [7, 11) is 0. The maximum absolute atomic E-state index is 13.1. The Morgan fingerprint density at radius 1 is 0.952 bits per heavy atom. The van der Waals surface area contributed by atoms with E-state index in [2.05, 4.69) is 22.4 Å². The molecule has 9 heteroatoms. The zero-order valence-electron chi connectivity index (χ0n) is 22.9. The first-order valence-corrected chi connectivity index (χ1v) is 14.6. The van der Waals surface area contributed by atoms with Crippen molar-refractivity contribution in [1.82, 2.24) is 4.98 Å². The fourth-order valence-electron chi connectivity index (χ4n) is 5.31. The largest absolute Gasteiger partial charge is 0.462 e. The number of benzene rings is 3. The Hall–Kier alpha value is -4.76. The second kappa shape index (κ2) is 12.0. The third-order valence-corrected chi connectivity index (χ3v) is 8.44. The summed E-state index contributed by atoms with van der Waals surface area (Å²) in [5.41, 5.74) is 4.52. The van der Waals surface area contributed by atoms with Crippen LogP contribution in [0.25, 0.3) is 22.6 Å². The van der Waals surface area contributed by atoms with Crippen LogP contribution < -0.4 is 5.32 Å². The van der Waals surface area contributed by atoms with Gasteiger partial charge in [-0.25, -0.2) is 14.6 Å². The first kappa shape index (κ1) is 27.4. The smallest absolute Gasteiger partial charge is 0.341 e. The Bertz CT molecular complexity index is 1740. The Morgan fingerprint density at radius 3 is 2.52 bits per heavy atom. The third kappa shape index (κ3) is 5.56. The molecule has 8 nitrogen and oxygen atoms in total. The fourth-order valence-corrected chi connectivity index (χ4v) is 6.64. The molecule has 0 saturated carbocycles. The van der Waals surface area contributed by atoms with E-state index in [9.17, 15) is 14.4 Å². The zero-order chi connectivity index (χ0) is 29.1. The highest BCUT2D eigenvalue weighted by Crippen LogP contribution is 2.42. The average molecular weight is 581 g/mol. The monoisotopic (exact) mass is 580 g/mol. The number of nitrogens with zero attached hydrogens (tertiary/aromatic N) is 1. The van der Waals surface area contributed by atoms with E-state index in [1.165, 1.54) is 16.9 Å². The van der Waals surface area contributed by atoms with Crippen LogP contribution in [-0.2, 0) is 27.1 Å². The second-order valence-corrected chi connectivity index (χ2v) is 11.0. The summed E-state index contributed by atoms with van der Waals surface area (Å²) >= 11 is 1.38. The van der Waals surface area contributed by atoms with Gasteiger partial charge in [0, 0.05) is 4.88 Å². The predicted octanol–water partition coefficient (Wildman–Crippen LogP) is 6.80. The van der Waals surface area contributed by atoms with Gasteiger partial charge in [0.25, 0.3) is 5.91 Å². The number of amides is 1. The number of hydrogen-bond donors (Lipinski definition) is 1. The minimum Gasteiger partial charge on any atom is -0.462 e. The van der Waals surface area contributed by atoms with Crippen molar-refractivity contribution in [3.8, 4) is 11.5 Å². The summed E-state index contributed by atoms with van der Waals surface area (Å²) in [5.74, 6) is -1.09. The van der Waals surface area contributed by atoms with E-state index < -0.39 is 24.5 Å². The van der Waals surface area contributed by atoms with Gasteiger partial charge in [-0.05, 0) is 67.5 Å². The van der Waals surface area contributed by atoms with Crippen LogP contribution >= 0.6 is 11.3 Å². The van der Waals surface area contributed by atoms with Gasteiger partial charge >= 0.3 is 11.9 Å². The maximum atomic E-state index is 13.1. The number of carbonyl (C=O) groups is 3. The number of esters is 2.